The maximum atomic E-state index is 10.7. The minimum absolute atomic E-state index is 0.101. The largest absolute Gasteiger partial charge is 0.489 e. The molecule has 0 fully saturated rings. The monoisotopic (exact) mass is 354 g/mol. The van der Waals surface area contributed by atoms with Crippen molar-refractivity contribution in [3.8, 4) is 5.75 Å². The van der Waals surface area contributed by atoms with Gasteiger partial charge in [-0.1, -0.05) is 6.07 Å². The van der Waals surface area contributed by atoms with E-state index in [1.807, 2.05) is 6.07 Å². The Morgan fingerprint density at radius 3 is 2.58 bits per heavy atom. The van der Waals surface area contributed by atoms with Gasteiger partial charge < -0.3 is 9.64 Å². The van der Waals surface area contributed by atoms with Crippen LogP contribution in [0.2, 0.25) is 0 Å². The van der Waals surface area contributed by atoms with E-state index in [-0.39, 0.29) is 5.69 Å². The molecule has 1 aliphatic carbocycles. The number of benzene rings is 2. The molecule has 0 bridgehead atoms. The summed E-state index contributed by atoms with van der Waals surface area (Å²) in [5, 5.41) is 10.7. The predicted octanol–water partition coefficient (Wildman–Crippen LogP) is 4.23. The number of nitrogens with zero attached hydrogens (tertiary/aromatic N) is 2. The predicted molar refractivity (Wildman–Crippen MR) is 103 cm³/mol. The molecular formula is C21H26N2O3. The number of non-ortho nitro benzene ring substituents is 1. The third-order valence-corrected chi connectivity index (χ3v) is 5.49. The highest BCUT2D eigenvalue weighted by molar-refractivity contribution is 5.38. The SMILES string of the molecule is CC(C1CCc2cc(OCc3ccc([N+](=O)[O-])cc3)ccc2C1)N(C)C. The molecule has 5 heteroatoms. The first-order chi connectivity index (χ1) is 12.4. The van der Waals surface area contributed by atoms with Crippen molar-refractivity contribution in [3.05, 3.63) is 69.3 Å². The number of hydrogen-bond donors (Lipinski definition) is 0. The first kappa shape index (κ1) is 18.4. The number of ether oxygens (including phenoxy) is 1. The van der Waals surface area contributed by atoms with Crippen LogP contribution in [0.3, 0.4) is 0 Å². The standard InChI is InChI=1S/C21H26N2O3/c1-15(22(2)3)17-6-7-19-13-21(11-8-18(19)12-17)26-14-16-4-9-20(10-5-16)23(24)25/h4-5,8-11,13,15,17H,6-7,12,14H2,1-3H3. The summed E-state index contributed by atoms with van der Waals surface area (Å²) in [6, 6.07) is 13.5. The molecule has 0 N–H and O–H groups in total. The normalized spacial score (nSPS) is 17.6. The Hall–Kier alpha value is -2.40. The summed E-state index contributed by atoms with van der Waals surface area (Å²) in [7, 11) is 4.30. The number of aryl methyl sites for hydroxylation is 1. The second-order valence-corrected chi connectivity index (χ2v) is 7.35. The Bertz CT molecular complexity index is 771. The Morgan fingerprint density at radius 1 is 1.19 bits per heavy atom. The van der Waals surface area contributed by atoms with Gasteiger partial charge in [-0.25, -0.2) is 0 Å². The van der Waals surface area contributed by atoms with Gasteiger partial charge in [-0.15, -0.1) is 0 Å². The van der Waals surface area contributed by atoms with E-state index < -0.39 is 4.92 Å². The van der Waals surface area contributed by atoms with Gasteiger partial charge in [0.15, 0.2) is 0 Å². The molecule has 26 heavy (non-hydrogen) atoms. The molecule has 0 saturated heterocycles. The fourth-order valence-electron chi connectivity index (χ4n) is 3.56. The molecular weight excluding hydrogens is 328 g/mol. The van der Waals surface area contributed by atoms with Crippen molar-refractivity contribution in [1.82, 2.24) is 4.90 Å². The van der Waals surface area contributed by atoms with E-state index >= 15 is 0 Å². The molecule has 3 rings (SSSR count). The van der Waals surface area contributed by atoms with Crippen molar-refractivity contribution in [2.45, 2.75) is 38.8 Å². The Morgan fingerprint density at radius 2 is 1.92 bits per heavy atom. The quantitative estimate of drug-likeness (QED) is 0.575. The zero-order valence-electron chi connectivity index (χ0n) is 15.6. The summed E-state index contributed by atoms with van der Waals surface area (Å²) in [6.07, 6.45) is 3.42. The number of rotatable bonds is 6. The van der Waals surface area contributed by atoms with E-state index in [0.717, 1.165) is 24.2 Å². The van der Waals surface area contributed by atoms with Gasteiger partial charge in [-0.2, -0.15) is 0 Å². The Balaban J connectivity index is 1.62. The first-order valence-electron chi connectivity index (χ1n) is 9.08. The van der Waals surface area contributed by atoms with E-state index in [1.165, 1.54) is 29.7 Å². The second kappa shape index (κ2) is 7.87. The minimum Gasteiger partial charge on any atom is -0.489 e. The molecule has 1 aliphatic rings. The lowest BCUT2D eigenvalue weighted by Crippen LogP contribution is -2.35. The van der Waals surface area contributed by atoms with Crippen molar-refractivity contribution in [3.63, 3.8) is 0 Å². The summed E-state index contributed by atoms with van der Waals surface area (Å²) >= 11 is 0. The summed E-state index contributed by atoms with van der Waals surface area (Å²) in [6.45, 7) is 2.72. The fourth-order valence-corrected chi connectivity index (χ4v) is 3.56. The zero-order valence-corrected chi connectivity index (χ0v) is 15.6. The zero-order chi connectivity index (χ0) is 18.7. The molecule has 138 valence electrons. The summed E-state index contributed by atoms with van der Waals surface area (Å²) < 4.78 is 5.89. The molecule has 2 unspecified atom stereocenters. The molecule has 2 atom stereocenters. The van der Waals surface area contributed by atoms with Crippen LogP contribution in [0.25, 0.3) is 0 Å². The van der Waals surface area contributed by atoms with Crippen LogP contribution in [0.1, 0.15) is 30.0 Å². The number of nitro benzene ring substituents is 1. The third kappa shape index (κ3) is 4.22. The molecule has 0 aromatic heterocycles. The van der Waals surface area contributed by atoms with E-state index in [0.29, 0.717) is 18.6 Å². The lowest BCUT2D eigenvalue weighted by molar-refractivity contribution is -0.384. The topological polar surface area (TPSA) is 55.6 Å². The third-order valence-electron chi connectivity index (χ3n) is 5.49. The van der Waals surface area contributed by atoms with Crippen molar-refractivity contribution in [1.29, 1.82) is 0 Å². The van der Waals surface area contributed by atoms with Crippen LogP contribution in [-0.2, 0) is 19.4 Å². The molecule has 0 radical (unpaired) electrons. The van der Waals surface area contributed by atoms with Crippen LogP contribution < -0.4 is 4.74 Å². The maximum absolute atomic E-state index is 10.7. The first-order valence-corrected chi connectivity index (χ1v) is 9.08. The molecule has 0 saturated carbocycles. The van der Waals surface area contributed by atoms with Gasteiger partial charge in [0.25, 0.3) is 5.69 Å². The van der Waals surface area contributed by atoms with Crippen LogP contribution in [-0.4, -0.2) is 30.0 Å². The van der Waals surface area contributed by atoms with Gasteiger partial charge in [0.2, 0.25) is 0 Å². The molecule has 2 aromatic rings. The van der Waals surface area contributed by atoms with Crippen LogP contribution in [0.4, 0.5) is 5.69 Å². The van der Waals surface area contributed by atoms with Crippen LogP contribution in [0.5, 0.6) is 5.75 Å². The number of hydrogen-bond acceptors (Lipinski definition) is 4. The second-order valence-electron chi connectivity index (χ2n) is 7.35. The molecule has 0 heterocycles. The highest BCUT2D eigenvalue weighted by atomic mass is 16.6. The van der Waals surface area contributed by atoms with Crippen LogP contribution in [0, 0.1) is 16.0 Å². The van der Waals surface area contributed by atoms with Crippen molar-refractivity contribution in [2.24, 2.45) is 5.92 Å². The number of fused-ring (bicyclic) bond motifs is 1. The van der Waals surface area contributed by atoms with E-state index in [2.05, 4.69) is 38.1 Å². The molecule has 2 aromatic carbocycles. The van der Waals surface area contributed by atoms with Gasteiger partial charge in [-0.3, -0.25) is 10.1 Å². The van der Waals surface area contributed by atoms with Gasteiger partial charge in [0.05, 0.1) is 4.92 Å². The van der Waals surface area contributed by atoms with Crippen molar-refractivity contribution in [2.75, 3.05) is 14.1 Å². The molecule has 0 amide bonds. The summed E-state index contributed by atoms with van der Waals surface area (Å²) in [5.74, 6) is 1.56. The van der Waals surface area contributed by atoms with Crippen molar-refractivity contribution >= 4 is 5.69 Å². The van der Waals surface area contributed by atoms with Gasteiger partial charge in [0, 0.05) is 18.2 Å². The van der Waals surface area contributed by atoms with E-state index in [9.17, 15) is 10.1 Å². The van der Waals surface area contributed by atoms with E-state index in [4.69, 9.17) is 4.74 Å². The van der Waals surface area contributed by atoms with E-state index in [1.54, 1.807) is 12.1 Å². The smallest absolute Gasteiger partial charge is 0.269 e. The Labute approximate surface area is 154 Å². The average molecular weight is 354 g/mol. The van der Waals surface area contributed by atoms with Crippen LogP contribution >= 0.6 is 0 Å². The average Bonchev–Trinajstić information content (AvgIpc) is 2.65. The molecule has 0 spiro atoms. The minimum atomic E-state index is -0.390. The maximum Gasteiger partial charge on any atom is 0.269 e. The highest BCUT2D eigenvalue weighted by Crippen LogP contribution is 2.31. The Kier molecular flexibility index (Phi) is 5.57. The lowest BCUT2D eigenvalue weighted by Gasteiger charge is -2.33. The lowest BCUT2D eigenvalue weighted by atomic mass is 9.80. The number of nitro groups is 1. The summed E-state index contributed by atoms with van der Waals surface area (Å²) in [5.41, 5.74) is 3.84. The molecule has 0 aliphatic heterocycles. The fraction of sp³-hybridized carbons (Fsp3) is 0.429. The molecule has 5 nitrogen and oxygen atoms in total. The van der Waals surface area contributed by atoms with Crippen molar-refractivity contribution < 1.29 is 9.66 Å². The van der Waals surface area contributed by atoms with Crippen LogP contribution in [0.15, 0.2) is 42.5 Å². The van der Waals surface area contributed by atoms with Gasteiger partial charge in [-0.05, 0) is 87.2 Å². The highest BCUT2D eigenvalue weighted by Gasteiger charge is 2.24. The van der Waals surface area contributed by atoms with Gasteiger partial charge in [0.1, 0.15) is 12.4 Å². The summed E-state index contributed by atoms with van der Waals surface area (Å²) in [4.78, 5) is 12.6. The van der Waals surface area contributed by atoms with Gasteiger partial charge >= 0.3 is 0 Å².